The molecule has 4 aromatic rings. The molecule has 9 heteroatoms. The summed E-state index contributed by atoms with van der Waals surface area (Å²) in [5.74, 6) is 1.33. The summed E-state index contributed by atoms with van der Waals surface area (Å²) in [6, 6.07) is 4.68. The Balaban J connectivity index is 1.62. The molecule has 6 nitrogen and oxygen atoms in total. The normalized spacial score (nSPS) is 16.5. The molecule has 0 spiro atoms. The molecular formula is C20H18F2N4O2S. The van der Waals surface area contributed by atoms with Crippen molar-refractivity contribution in [3.8, 4) is 22.9 Å². The lowest BCUT2D eigenvalue weighted by atomic mass is 9.89. The minimum atomic E-state index is -2.92. The van der Waals surface area contributed by atoms with Crippen LogP contribution in [0, 0.1) is 5.92 Å². The largest absolute Gasteiger partial charge is 0.493 e. The van der Waals surface area contributed by atoms with Crippen LogP contribution in [0.1, 0.15) is 23.8 Å². The van der Waals surface area contributed by atoms with Gasteiger partial charge in [-0.25, -0.2) is 14.5 Å². The van der Waals surface area contributed by atoms with E-state index in [2.05, 4.69) is 21.7 Å². The number of hydrogen-bond acceptors (Lipinski definition) is 6. The predicted molar refractivity (Wildman–Crippen MR) is 106 cm³/mol. The van der Waals surface area contributed by atoms with Crippen molar-refractivity contribution in [2.75, 3.05) is 7.11 Å². The third-order valence-electron chi connectivity index (χ3n) is 5.27. The third kappa shape index (κ3) is 3.09. The fourth-order valence-electron chi connectivity index (χ4n) is 3.86. The molecule has 1 aliphatic rings. The number of fused-ring (bicyclic) bond motifs is 5. The Morgan fingerprint density at radius 1 is 1.28 bits per heavy atom. The molecule has 0 radical (unpaired) electrons. The summed E-state index contributed by atoms with van der Waals surface area (Å²) >= 11 is 1.74. The van der Waals surface area contributed by atoms with Gasteiger partial charge in [-0.3, -0.25) is 0 Å². The second-order valence-electron chi connectivity index (χ2n) is 7.22. The Hall–Kier alpha value is -2.81. The van der Waals surface area contributed by atoms with Crippen LogP contribution in [-0.4, -0.2) is 33.3 Å². The van der Waals surface area contributed by atoms with E-state index in [0.29, 0.717) is 17.3 Å². The highest BCUT2D eigenvalue weighted by Gasteiger charge is 2.24. The van der Waals surface area contributed by atoms with Crippen molar-refractivity contribution in [2.24, 2.45) is 5.92 Å². The molecule has 29 heavy (non-hydrogen) atoms. The number of benzene rings is 1. The van der Waals surface area contributed by atoms with E-state index < -0.39 is 6.61 Å². The van der Waals surface area contributed by atoms with E-state index in [1.807, 2.05) is 0 Å². The maximum absolute atomic E-state index is 12.6. The molecule has 0 fully saturated rings. The first-order chi connectivity index (χ1) is 14.0. The summed E-state index contributed by atoms with van der Waals surface area (Å²) in [7, 11) is 1.40. The lowest BCUT2D eigenvalue weighted by molar-refractivity contribution is -0.0512. The van der Waals surface area contributed by atoms with Crippen molar-refractivity contribution in [1.82, 2.24) is 19.6 Å². The van der Waals surface area contributed by atoms with Gasteiger partial charge in [0.2, 0.25) is 0 Å². The molecule has 5 rings (SSSR count). The molecule has 0 aliphatic heterocycles. The summed E-state index contributed by atoms with van der Waals surface area (Å²) in [6.45, 7) is -0.643. The number of hydrogen-bond donors (Lipinski definition) is 0. The fourth-order valence-corrected chi connectivity index (χ4v) is 5.21. The van der Waals surface area contributed by atoms with Gasteiger partial charge in [-0.1, -0.05) is 6.92 Å². The molecule has 0 amide bonds. The molecule has 1 unspecified atom stereocenters. The molecular weight excluding hydrogens is 398 g/mol. The van der Waals surface area contributed by atoms with Gasteiger partial charge in [-0.05, 0) is 48.9 Å². The zero-order chi connectivity index (χ0) is 20.1. The van der Waals surface area contributed by atoms with Gasteiger partial charge in [0.25, 0.3) is 0 Å². The SMILES string of the molecule is COc1cc(-c2nc3c4c5c(sc4ncn3n2)CC(C)CC5)ccc1OC(F)F. The van der Waals surface area contributed by atoms with Gasteiger partial charge in [0.05, 0.1) is 12.5 Å². The highest BCUT2D eigenvalue weighted by Crippen LogP contribution is 2.39. The van der Waals surface area contributed by atoms with E-state index in [9.17, 15) is 8.78 Å². The first-order valence-corrected chi connectivity index (χ1v) is 10.1. The van der Waals surface area contributed by atoms with Crippen LogP contribution in [0.25, 0.3) is 27.3 Å². The van der Waals surface area contributed by atoms with Gasteiger partial charge in [0.15, 0.2) is 23.0 Å². The first-order valence-electron chi connectivity index (χ1n) is 9.32. The second kappa shape index (κ2) is 6.91. The molecule has 0 bridgehead atoms. The Bertz CT molecular complexity index is 1220. The highest BCUT2D eigenvalue weighted by molar-refractivity contribution is 7.19. The van der Waals surface area contributed by atoms with Crippen LogP contribution < -0.4 is 9.47 Å². The number of nitrogens with zero attached hydrogens (tertiary/aromatic N) is 4. The topological polar surface area (TPSA) is 61.5 Å². The van der Waals surface area contributed by atoms with Crippen molar-refractivity contribution < 1.29 is 18.3 Å². The van der Waals surface area contributed by atoms with E-state index in [4.69, 9.17) is 9.72 Å². The zero-order valence-electron chi connectivity index (χ0n) is 15.9. The Morgan fingerprint density at radius 2 is 2.14 bits per heavy atom. The summed E-state index contributed by atoms with van der Waals surface area (Å²) < 4.78 is 36.5. The summed E-state index contributed by atoms with van der Waals surface area (Å²) in [4.78, 5) is 11.7. The summed E-state index contributed by atoms with van der Waals surface area (Å²) in [6.07, 6.45) is 4.93. The minimum absolute atomic E-state index is 0.0277. The zero-order valence-corrected chi connectivity index (χ0v) is 16.7. The van der Waals surface area contributed by atoms with Crippen molar-refractivity contribution in [3.05, 3.63) is 35.0 Å². The van der Waals surface area contributed by atoms with Crippen molar-refractivity contribution >= 4 is 27.2 Å². The van der Waals surface area contributed by atoms with Crippen LogP contribution in [0.2, 0.25) is 0 Å². The number of halogens is 2. The van der Waals surface area contributed by atoms with Gasteiger partial charge in [-0.15, -0.1) is 16.4 Å². The first kappa shape index (κ1) is 18.2. The smallest absolute Gasteiger partial charge is 0.387 e. The Labute approximate surface area is 169 Å². The van der Waals surface area contributed by atoms with Crippen molar-refractivity contribution in [1.29, 1.82) is 0 Å². The van der Waals surface area contributed by atoms with E-state index in [-0.39, 0.29) is 11.5 Å². The number of methoxy groups -OCH3 is 1. The average Bonchev–Trinajstić information content (AvgIpc) is 3.28. The molecule has 0 N–H and O–H groups in total. The molecule has 1 atom stereocenters. The lowest BCUT2D eigenvalue weighted by Gasteiger charge is -2.17. The van der Waals surface area contributed by atoms with Crippen molar-refractivity contribution in [3.63, 3.8) is 0 Å². The van der Waals surface area contributed by atoms with Gasteiger partial charge in [0, 0.05) is 10.4 Å². The van der Waals surface area contributed by atoms with Gasteiger partial charge < -0.3 is 9.47 Å². The van der Waals surface area contributed by atoms with E-state index in [0.717, 1.165) is 35.1 Å². The van der Waals surface area contributed by atoms with Crippen LogP contribution in [0.5, 0.6) is 11.5 Å². The van der Waals surface area contributed by atoms with Crippen LogP contribution in [0.3, 0.4) is 0 Å². The standard InChI is InChI=1S/C20H18F2N4O2S/c1-10-3-5-12-15(7-10)29-19-16(12)18-24-17(25-26(18)9-23-19)11-4-6-13(28-20(21)22)14(8-11)27-2/h4,6,8-10,20H,3,5,7H2,1-2H3. The Kier molecular flexibility index (Phi) is 4.34. The molecule has 0 saturated heterocycles. The van der Waals surface area contributed by atoms with Crippen molar-refractivity contribution in [2.45, 2.75) is 32.8 Å². The molecule has 1 aromatic carbocycles. The van der Waals surface area contributed by atoms with E-state index in [1.165, 1.54) is 23.6 Å². The average molecular weight is 416 g/mol. The highest BCUT2D eigenvalue weighted by atomic mass is 32.1. The number of aromatic nitrogens is 4. The quantitative estimate of drug-likeness (QED) is 0.481. The van der Waals surface area contributed by atoms with Crippen LogP contribution in [0.15, 0.2) is 24.5 Å². The maximum Gasteiger partial charge on any atom is 0.387 e. The van der Waals surface area contributed by atoms with E-state index >= 15 is 0 Å². The third-order valence-corrected chi connectivity index (χ3v) is 6.43. The van der Waals surface area contributed by atoms with Crippen LogP contribution in [-0.2, 0) is 12.8 Å². The second-order valence-corrected chi connectivity index (χ2v) is 8.31. The molecule has 1 aliphatic carbocycles. The van der Waals surface area contributed by atoms with Crippen LogP contribution in [0.4, 0.5) is 8.78 Å². The molecule has 3 heterocycles. The minimum Gasteiger partial charge on any atom is -0.493 e. The number of thiophene rings is 1. The predicted octanol–water partition coefficient (Wildman–Crippen LogP) is 4.74. The lowest BCUT2D eigenvalue weighted by Crippen LogP contribution is -2.08. The number of alkyl halides is 2. The molecule has 0 saturated carbocycles. The van der Waals surface area contributed by atoms with Gasteiger partial charge in [0.1, 0.15) is 11.2 Å². The summed E-state index contributed by atoms with van der Waals surface area (Å²) in [5.41, 5.74) is 2.75. The number of ether oxygens (including phenoxy) is 2. The summed E-state index contributed by atoms with van der Waals surface area (Å²) in [5, 5.41) is 5.62. The fraction of sp³-hybridized carbons (Fsp3) is 0.350. The monoisotopic (exact) mass is 416 g/mol. The maximum atomic E-state index is 12.6. The number of rotatable bonds is 4. The van der Waals surface area contributed by atoms with Gasteiger partial charge >= 0.3 is 6.61 Å². The molecule has 150 valence electrons. The van der Waals surface area contributed by atoms with Crippen LogP contribution >= 0.6 is 11.3 Å². The van der Waals surface area contributed by atoms with Gasteiger partial charge in [-0.2, -0.15) is 8.78 Å². The van der Waals surface area contributed by atoms with E-state index in [1.54, 1.807) is 34.3 Å². The molecule has 3 aromatic heterocycles. The number of aryl methyl sites for hydroxylation is 1. The Morgan fingerprint density at radius 3 is 2.93 bits per heavy atom.